The molecule has 0 spiro atoms. The van der Waals surface area contributed by atoms with Crippen molar-refractivity contribution in [2.75, 3.05) is 7.11 Å². The van der Waals surface area contributed by atoms with E-state index in [9.17, 15) is 9.90 Å². The predicted molar refractivity (Wildman–Crippen MR) is 207 cm³/mol. The molecular formula is C41H70O6Si2. The largest absolute Gasteiger partial charge is 0.508 e. The molecule has 4 rings (SSSR count). The SMILES string of the molecule is C=C1/C(=C\C=C2/CCC[C@]3(C)[C@@H]([C@H](C)/C=C/[C@H](O)C4(OC(=O)OC)CC4)CC[C@@H]23)C[C@@H](O[Si](C)(C)C(C)(C)C)C[C@@H]1O[Si](C)(C)C(C)(C)C. The average molecular weight is 715 g/mol. The van der Waals surface area contributed by atoms with Gasteiger partial charge in [-0.1, -0.05) is 91.8 Å². The molecule has 4 fully saturated rings. The first-order valence-electron chi connectivity index (χ1n) is 19.0. The molecule has 0 aliphatic heterocycles. The molecule has 0 radical (unpaired) electrons. The Morgan fingerprint density at radius 3 is 2.14 bits per heavy atom. The number of carbonyl (C=O) groups excluding carboxylic acids is 1. The quantitative estimate of drug-likeness (QED) is 0.138. The summed E-state index contributed by atoms with van der Waals surface area (Å²) in [6.45, 7) is 32.8. The van der Waals surface area contributed by atoms with Gasteiger partial charge in [-0.2, -0.15) is 0 Å². The molecule has 0 aromatic heterocycles. The van der Waals surface area contributed by atoms with Gasteiger partial charge >= 0.3 is 6.16 Å². The van der Waals surface area contributed by atoms with E-state index >= 15 is 0 Å². The number of fused-ring (bicyclic) bond motifs is 1. The van der Waals surface area contributed by atoms with Crippen LogP contribution in [0.15, 0.2) is 47.6 Å². The Morgan fingerprint density at radius 2 is 1.57 bits per heavy atom. The van der Waals surface area contributed by atoms with Crippen LogP contribution < -0.4 is 0 Å². The summed E-state index contributed by atoms with van der Waals surface area (Å²) in [5, 5.41) is 11.2. The number of methoxy groups -OCH3 is 1. The molecule has 4 aliphatic rings. The predicted octanol–water partition coefficient (Wildman–Crippen LogP) is 11.1. The first kappa shape index (κ1) is 40.3. The summed E-state index contributed by atoms with van der Waals surface area (Å²) >= 11 is 0. The first-order valence-corrected chi connectivity index (χ1v) is 24.9. The Labute approximate surface area is 301 Å². The number of hydrogen-bond donors (Lipinski definition) is 1. The van der Waals surface area contributed by atoms with Crippen molar-refractivity contribution in [2.24, 2.45) is 23.2 Å². The van der Waals surface area contributed by atoms with E-state index in [1.165, 1.54) is 38.4 Å². The van der Waals surface area contributed by atoms with Gasteiger partial charge in [0.15, 0.2) is 16.6 Å². The Hall–Kier alpha value is -1.46. The second-order valence-corrected chi connectivity index (χ2v) is 28.7. The van der Waals surface area contributed by atoms with Crippen LogP contribution in [-0.2, 0) is 18.3 Å². The minimum Gasteiger partial charge on any atom is -0.438 e. The number of aliphatic hydroxyl groups is 1. The molecule has 0 heterocycles. The highest BCUT2D eigenvalue weighted by Crippen LogP contribution is 2.60. The molecule has 0 aromatic rings. The maximum Gasteiger partial charge on any atom is 0.508 e. The number of hydrogen-bond acceptors (Lipinski definition) is 6. The Morgan fingerprint density at radius 1 is 0.959 bits per heavy atom. The fourth-order valence-corrected chi connectivity index (χ4v) is 11.0. The summed E-state index contributed by atoms with van der Waals surface area (Å²) < 4.78 is 24.3. The Kier molecular flexibility index (Phi) is 11.9. The smallest absolute Gasteiger partial charge is 0.438 e. The van der Waals surface area contributed by atoms with E-state index in [1.807, 2.05) is 6.08 Å². The van der Waals surface area contributed by atoms with Gasteiger partial charge in [-0.25, -0.2) is 4.79 Å². The third-order valence-corrected chi connectivity index (χ3v) is 22.8. The van der Waals surface area contributed by atoms with Crippen molar-refractivity contribution in [3.8, 4) is 0 Å². The van der Waals surface area contributed by atoms with Gasteiger partial charge in [0, 0.05) is 6.42 Å². The zero-order chi connectivity index (χ0) is 36.8. The van der Waals surface area contributed by atoms with Gasteiger partial charge in [0.2, 0.25) is 0 Å². The summed E-state index contributed by atoms with van der Waals surface area (Å²) in [6.07, 6.45) is 16.5. The average Bonchev–Trinajstić information content (AvgIpc) is 3.67. The molecule has 1 N–H and O–H groups in total. The monoisotopic (exact) mass is 714 g/mol. The summed E-state index contributed by atoms with van der Waals surface area (Å²) in [4.78, 5) is 11.7. The standard InChI is InChI=1S/C41H70O6Si2/c1-28(17-22-36(42)41(24-25-41)45-37(43)44-10)33-20-21-34-30(16-15-23-40(33,34)9)18-19-31-26-32(46-48(11,12)38(3,4)5)27-35(29(31)2)47-49(13,14)39(6,7)8/h17-19,22,28,32-36,42H,2,15-16,20-21,23-27H2,1,3-14H3/b22-17+,30-18+,31-19-/t28-,32-,33-,34+,35+,36+,40-/m1/s1. The van der Waals surface area contributed by atoms with E-state index in [-0.39, 0.29) is 27.7 Å². The Balaban J connectivity index is 1.54. The molecule has 6 nitrogen and oxygen atoms in total. The van der Waals surface area contributed by atoms with E-state index in [0.29, 0.717) is 30.6 Å². The molecule has 278 valence electrons. The minimum absolute atomic E-state index is 0.0164. The lowest BCUT2D eigenvalue weighted by Gasteiger charge is -2.45. The maximum atomic E-state index is 11.7. The van der Waals surface area contributed by atoms with Gasteiger partial charge in [-0.15, -0.1) is 0 Å². The molecule has 7 atom stereocenters. The normalized spacial score (nSPS) is 32.3. The van der Waals surface area contributed by atoms with Crippen LogP contribution in [-0.4, -0.2) is 58.9 Å². The summed E-state index contributed by atoms with van der Waals surface area (Å²) in [5.74, 6) is 1.40. The fourth-order valence-electron chi connectivity index (χ4n) is 8.29. The van der Waals surface area contributed by atoms with Crippen molar-refractivity contribution in [3.05, 3.63) is 47.6 Å². The van der Waals surface area contributed by atoms with Crippen molar-refractivity contribution in [1.82, 2.24) is 0 Å². The van der Waals surface area contributed by atoms with Crippen LogP contribution in [0.4, 0.5) is 4.79 Å². The van der Waals surface area contributed by atoms with Gasteiger partial charge in [0.1, 0.15) is 11.7 Å². The topological polar surface area (TPSA) is 74.2 Å². The van der Waals surface area contributed by atoms with Crippen molar-refractivity contribution in [3.63, 3.8) is 0 Å². The van der Waals surface area contributed by atoms with Gasteiger partial charge in [0.05, 0.1) is 19.3 Å². The van der Waals surface area contributed by atoms with E-state index in [1.54, 1.807) is 5.57 Å². The number of carbonyl (C=O) groups is 1. The van der Waals surface area contributed by atoms with E-state index < -0.39 is 34.5 Å². The fraction of sp³-hybridized carbons (Fsp3) is 0.780. The zero-order valence-electron chi connectivity index (χ0n) is 33.3. The second kappa shape index (κ2) is 14.5. The van der Waals surface area contributed by atoms with Crippen molar-refractivity contribution in [2.45, 2.75) is 173 Å². The van der Waals surface area contributed by atoms with E-state index in [0.717, 1.165) is 24.8 Å². The van der Waals surface area contributed by atoms with Gasteiger partial charge in [-0.05, 0) is 122 Å². The number of allylic oxidation sites excluding steroid dienone is 4. The molecule has 0 bridgehead atoms. The molecule has 8 heteroatoms. The number of aliphatic hydroxyl groups excluding tert-OH is 1. The minimum atomic E-state index is -2.02. The van der Waals surface area contributed by atoms with Crippen LogP contribution in [0, 0.1) is 23.2 Å². The molecule has 49 heavy (non-hydrogen) atoms. The number of rotatable bonds is 10. The van der Waals surface area contributed by atoms with Crippen LogP contribution in [0.3, 0.4) is 0 Å². The van der Waals surface area contributed by atoms with E-state index in [2.05, 4.69) is 111 Å². The summed E-state index contributed by atoms with van der Waals surface area (Å²) in [5.41, 5.74) is 3.39. The highest BCUT2D eigenvalue weighted by molar-refractivity contribution is 6.74. The van der Waals surface area contributed by atoms with Crippen molar-refractivity contribution >= 4 is 22.8 Å². The molecular weight excluding hydrogens is 645 g/mol. The van der Waals surface area contributed by atoms with Crippen LogP contribution >= 0.6 is 0 Å². The Bertz CT molecular complexity index is 1310. The highest BCUT2D eigenvalue weighted by atomic mass is 28.4. The lowest BCUT2D eigenvalue weighted by molar-refractivity contribution is -0.0245. The summed E-state index contributed by atoms with van der Waals surface area (Å²) in [7, 11) is -2.68. The maximum absolute atomic E-state index is 11.7. The van der Waals surface area contributed by atoms with Crippen LogP contribution in [0.1, 0.15) is 113 Å². The second-order valence-electron chi connectivity index (χ2n) is 19.2. The molecule has 0 aromatic carbocycles. The van der Waals surface area contributed by atoms with E-state index in [4.69, 9.17) is 13.6 Å². The third kappa shape index (κ3) is 8.78. The van der Waals surface area contributed by atoms with Crippen LogP contribution in [0.25, 0.3) is 0 Å². The van der Waals surface area contributed by atoms with Crippen molar-refractivity contribution < 1.29 is 28.2 Å². The molecule has 0 unspecified atom stereocenters. The van der Waals surface area contributed by atoms with Crippen molar-refractivity contribution in [1.29, 1.82) is 0 Å². The van der Waals surface area contributed by atoms with Crippen LogP contribution in [0.2, 0.25) is 36.3 Å². The molecule has 0 saturated heterocycles. The van der Waals surface area contributed by atoms with Gasteiger partial charge in [-0.3, -0.25) is 0 Å². The third-order valence-electron chi connectivity index (χ3n) is 13.7. The highest BCUT2D eigenvalue weighted by Gasteiger charge is 2.54. The zero-order valence-corrected chi connectivity index (χ0v) is 35.3. The lowest BCUT2D eigenvalue weighted by Crippen LogP contribution is -2.49. The molecule has 0 amide bonds. The van der Waals surface area contributed by atoms with Gasteiger partial charge in [0.25, 0.3) is 0 Å². The molecule has 4 saturated carbocycles. The van der Waals surface area contributed by atoms with Gasteiger partial charge < -0.3 is 23.4 Å². The molecule has 4 aliphatic carbocycles. The number of ether oxygens (including phenoxy) is 2. The summed E-state index contributed by atoms with van der Waals surface area (Å²) in [6, 6.07) is 0. The lowest BCUT2D eigenvalue weighted by atomic mass is 9.61. The van der Waals surface area contributed by atoms with Crippen LogP contribution in [0.5, 0.6) is 0 Å². The first-order chi connectivity index (χ1) is 22.5.